The molecule has 116 valence electrons. The Hall–Kier alpha value is -1.07. The van der Waals surface area contributed by atoms with E-state index < -0.39 is 5.60 Å². The molecule has 0 aliphatic carbocycles. The summed E-state index contributed by atoms with van der Waals surface area (Å²) in [6.45, 7) is 7.53. The molecule has 0 bridgehead atoms. The van der Waals surface area contributed by atoms with Crippen LogP contribution in [0, 0.1) is 5.92 Å². The lowest BCUT2D eigenvalue weighted by Crippen LogP contribution is -2.35. The van der Waals surface area contributed by atoms with Gasteiger partial charge in [-0.3, -0.25) is 0 Å². The van der Waals surface area contributed by atoms with Crippen LogP contribution in [0.5, 0.6) is 0 Å². The van der Waals surface area contributed by atoms with Crippen LogP contribution in [0.4, 0.5) is 4.79 Å². The molecule has 4 nitrogen and oxygen atoms in total. The van der Waals surface area contributed by atoms with Crippen LogP contribution in [0.3, 0.4) is 0 Å². The van der Waals surface area contributed by atoms with Gasteiger partial charge in [0.05, 0.1) is 0 Å². The molecule has 0 radical (unpaired) electrons. The molecule has 5 heteroatoms. The molecule has 2 rings (SSSR count). The largest absolute Gasteiger partial charge is 0.444 e. The van der Waals surface area contributed by atoms with Crippen molar-refractivity contribution in [3.05, 3.63) is 34.3 Å². The van der Waals surface area contributed by atoms with Gasteiger partial charge in [0.2, 0.25) is 0 Å². The smallest absolute Gasteiger partial charge is 0.410 e. The lowest BCUT2D eigenvalue weighted by atomic mass is 9.89. The number of ether oxygens (including phenoxy) is 1. The zero-order valence-electron chi connectivity index (χ0n) is 12.8. The van der Waals surface area contributed by atoms with E-state index in [0.29, 0.717) is 19.6 Å². The van der Waals surface area contributed by atoms with Crippen molar-refractivity contribution in [1.82, 2.24) is 4.90 Å². The summed E-state index contributed by atoms with van der Waals surface area (Å²) in [5, 5.41) is 0. The zero-order valence-corrected chi connectivity index (χ0v) is 14.4. The Kier molecular flexibility index (Phi) is 4.94. The maximum atomic E-state index is 12.2. The van der Waals surface area contributed by atoms with E-state index in [1.807, 2.05) is 32.9 Å². The number of benzene rings is 1. The highest BCUT2D eigenvalue weighted by molar-refractivity contribution is 9.10. The third kappa shape index (κ3) is 4.20. The fourth-order valence-electron chi connectivity index (χ4n) is 2.70. The molecule has 2 atom stereocenters. The van der Waals surface area contributed by atoms with Gasteiger partial charge in [0.1, 0.15) is 5.60 Å². The van der Waals surface area contributed by atoms with Gasteiger partial charge in [-0.2, -0.15) is 0 Å². The van der Waals surface area contributed by atoms with Gasteiger partial charge in [0.15, 0.2) is 0 Å². The standard InChI is InChI=1S/C16H23BrN2O2/c1-16(2,3)21-15(20)19-9-12(8-18)14(10-19)11-5-4-6-13(17)7-11/h4-7,12,14H,8-10,18H2,1-3H3/t12-,14+/m1/s1. The summed E-state index contributed by atoms with van der Waals surface area (Å²) in [4.78, 5) is 14.0. The SMILES string of the molecule is CC(C)(C)OC(=O)N1C[C@@H](CN)[C@H](c2cccc(Br)c2)C1. The maximum Gasteiger partial charge on any atom is 0.410 e. The molecule has 1 aromatic rings. The lowest BCUT2D eigenvalue weighted by molar-refractivity contribution is 0.0287. The molecule has 1 heterocycles. The van der Waals surface area contributed by atoms with Gasteiger partial charge in [0.25, 0.3) is 0 Å². The number of nitrogens with two attached hydrogens (primary N) is 1. The number of carbonyl (C=O) groups excluding carboxylic acids is 1. The number of amides is 1. The van der Waals surface area contributed by atoms with Crippen molar-refractivity contribution in [2.24, 2.45) is 11.7 Å². The normalized spacial score (nSPS) is 22.4. The second kappa shape index (κ2) is 6.36. The molecule has 1 aliphatic rings. The molecule has 1 aliphatic heterocycles. The van der Waals surface area contributed by atoms with Gasteiger partial charge in [-0.05, 0) is 50.9 Å². The molecule has 1 amide bonds. The Balaban J connectivity index is 2.12. The van der Waals surface area contributed by atoms with Crippen LogP contribution in [0.2, 0.25) is 0 Å². The van der Waals surface area contributed by atoms with Crippen molar-refractivity contribution in [2.45, 2.75) is 32.3 Å². The first-order chi connectivity index (χ1) is 9.80. The third-order valence-electron chi connectivity index (χ3n) is 3.67. The number of rotatable bonds is 2. The minimum absolute atomic E-state index is 0.251. The lowest BCUT2D eigenvalue weighted by Gasteiger charge is -2.24. The molecule has 1 aromatic carbocycles. The van der Waals surface area contributed by atoms with Gasteiger partial charge in [-0.25, -0.2) is 4.79 Å². The van der Waals surface area contributed by atoms with E-state index in [2.05, 4.69) is 28.1 Å². The van der Waals surface area contributed by atoms with E-state index in [1.54, 1.807) is 4.90 Å². The molecule has 1 fully saturated rings. The van der Waals surface area contributed by atoms with Crippen LogP contribution in [0.25, 0.3) is 0 Å². The predicted octanol–water partition coefficient (Wildman–Crippen LogP) is 3.36. The van der Waals surface area contributed by atoms with Crippen LogP contribution < -0.4 is 5.73 Å². The Bertz CT molecular complexity index is 513. The van der Waals surface area contributed by atoms with E-state index in [1.165, 1.54) is 5.56 Å². The summed E-state index contributed by atoms with van der Waals surface area (Å²) in [5.74, 6) is 0.534. The van der Waals surface area contributed by atoms with E-state index in [-0.39, 0.29) is 17.9 Å². The van der Waals surface area contributed by atoms with Crippen LogP contribution in [-0.2, 0) is 4.74 Å². The third-order valence-corrected chi connectivity index (χ3v) is 4.17. The molecule has 0 spiro atoms. The van der Waals surface area contributed by atoms with Crippen LogP contribution in [0.15, 0.2) is 28.7 Å². The summed E-state index contributed by atoms with van der Waals surface area (Å²) in [5.41, 5.74) is 6.64. The zero-order chi connectivity index (χ0) is 15.6. The minimum atomic E-state index is -0.469. The van der Waals surface area contributed by atoms with Crippen LogP contribution in [0.1, 0.15) is 32.3 Å². The Morgan fingerprint density at radius 3 is 2.71 bits per heavy atom. The summed E-state index contributed by atoms with van der Waals surface area (Å²) < 4.78 is 6.51. The molecule has 0 unspecified atom stereocenters. The van der Waals surface area contributed by atoms with Crippen molar-refractivity contribution in [1.29, 1.82) is 0 Å². The fraction of sp³-hybridized carbons (Fsp3) is 0.562. The van der Waals surface area contributed by atoms with Gasteiger partial charge in [-0.1, -0.05) is 28.1 Å². The van der Waals surface area contributed by atoms with E-state index in [9.17, 15) is 4.79 Å². The number of likely N-dealkylation sites (tertiary alicyclic amines) is 1. The average Bonchev–Trinajstić information content (AvgIpc) is 2.81. The molecular weight excluding hydrogens is 332 g/mol. The topological polar surface area (TPSA) is 55.6 Å². The summed E-state index contributed by atoms with van der Waals surface area (Å²) >= 11 is 3.50. The number of hydrogen-bond acceptors (Lipinski definition) is 3. The van der Waals surface area contributed by atoms with Crippen molar-refractivity contribution in [3.63, 3.8) is 0 Å². The van der Waals surface area contributed by atoms with Crippen molar-refractivity contribution < 1.29 is 9.53 Å². The monoisotopic (exact) mass is 354 g/mol. The molecular formula is C16H23BrN2O2. The predicted molar refractivity (Wildman–Crippen MR) is 87.2 cm³/mol. The minimum Gasteiger partial charge on any atom is -0.444 e. The number of nitrogens with zero attached hydrogens (tertiary/aromatic N) is 1. The Morgan fingerprint density at radius 2 is 2.14 bits per heavy atom. The highest BCUT2D eigenvalue weighted by atomic mass is 79.9. The first kappa shape index (κ1) is 16.3. The van der Waals surface area contributed by atoms with Crippen molar-refractivity contribution in [3.8, 4) is 0 Å². The quantitative estimate of drug-likeness (QED) is 0.885. The van der Waals surface area contributed by atoms with Gasteiger partial charge in [0, 0.05) is 23.5 Å². The first-order valence-electron chi connectivity index (χ1n) is 7.23. The Labute approximate surface area is 134 Å². The second-order valence-electron chi connectivity index (χ2n) is 6.54. The molecule has 0 saturated carbocycles. The van der Waals surface area contributed by atoms with Crippen LogP contribution in [-0.4, -0.2) is 36.2 Å². The van der Waals surface area contributed by atoms with Gasteiger partial charge in [-0.15, -0.1) is 0 Å². The highest BCUT2D eigenvalue weighted by Gasteiger charge is 2.37. The molecule has 0 aromatic heterocycles. The van der Waals surface area contributed by atoms with Crippen molar-refractivity contribution in [2.75, 3.05) is 19.6 Å². The molecule has 1 saturated heterocycles. The maximum absolute atomic E-state index is 12.2. The fourth-order valence-corrected chi connectivity index (χ4v) is 3.12. The van der Waals surface area contributed by atoms with Gasteiger partial charge >= 0.3 is 6.09 Å². The second-order valence-corrected chi connectivity index (χ2v) is 7.46. The Morgan fingerprint density at radius 1 is 1.43 bits per heavy atom. The molecule has 2 N–H and O–H groups in total. The van der Waals surface area contributed by atoms with E-state index in [0.717, 1.165) is 4.47 Å². The summed E-state index contributed by atoms with van der Waals surface area (Å²) in [7, 11) is 0. The highest BCUT2D eigenvalue weighted by Crippen LogP contribution is 2.33. The molecule has 21 heavy (non-hydrogen) atoms. The number of carbonyl (C=O) groups is 1. The van der Waals surface area contributed by atoms with Crippen molar-refractivity contribution >= 4 is 22.0 Å². The van der Waals surface area contributed by atoms with E-state index >= 15 is 0 Å². The summed E-state index contributed by atoms with van der Waals surface area (Å²) in [6.07, 6.45) is -0.251. The number of hydrogen-bond donors (Lipinski definition) is 1. The van der Waals surface area contributed by atoms with Crippen LogP contribution >= 0.6 is 15.9 Å². The van der Waals surface area contributed by atoms with Gasteiger partial charge < -0.3 is 15.4 Å². The average molecular weight is 355 g/mol. The summed E-state index contributed by atoms with van der Waals surface area (Å²) in [6, 6.07) is 8.22. The van der Waals surface area contributed by atoms with E-state index in [4.69, 9.17) is 10.5 Å². The number of halogens is 1. The first-order valence-corrected chi connectivity index (χ1v) is 8.03.